The summed E-state index contributed by atoms with van der Waals surface area (Å²) in [6.07, 6.45) is 8.99. The van der Waals surface area contributed by atoms with E-state index in [0.29, 0.717) is 5.41 Å². The zero-order chi connectivity index (χ0) is 16.9. The minimum absolute atomic E-state index is 0. The molecule has 0 saturated carbocycles. The second-order valence-corrected chi connectivity index (χ2v) is 6.51. The summed E-state index contributed by atoms with van der Waals surface area (Å²) in [5.41, 5.74) is 0.420. The fourth-order valence-corrected chi connectivity index (χ4v) is 1.67. The first-order valence-electron chi connectivity index (χ1n) is 7.87. The number of unbranched alkanes of at least 4 members (excludes halogenated alkanes) is 5. The van der Waals surface area contributed by atoms with E-state index in [2.05, 4.69) is 34.6 Å². The zero-order valence-electron chi connectivity index (χ0n) is 15.4. The number of carboxylic acids is 2. The Morgan fingerprint density at radius 1 is 0.909 bits per heavy atom. The van der Waals surface area contributed by atoms with Crippen molar-refractivity contribution in [1.82, 2.24) is 0 Å². The van der Waals surface area contributed by atoms with Crippen LogP contribution >= 0.6 is 0 Å². The van der Waals surface area contributed by atoms with Crippen molar-refractivity contribution < 1.29 is 38.7 Å². The van der Waals surface area contributed by atoms with Crippen molar-refractivity contribution in [3.8, 4) is 0 Å². The van der Waals surface area contributed by atoms with Crippen LogP contribution in [0.4, 0.5) is 0 Å². The van der Waals surface area contributed by atoms with Crippen LogP contribution in [-0.2, 0) is 9.59 Å². The minimum atomic E-state index is -1.31. The summed E-state index contributed by atoms with van der Waals surface area (Å²) in [7, 11) is 0. The summed E-state index contributed by atoms with van der Waals surface area (Å²) in [6, 6.07) is 0. The largest absolute Gasteiger partial charge is 1.00 e. The summed E-state index contributed by atoms with van der Waals surface area (Å²) in [5.74, 6) is -0.965. The van der Waals surface area contributed by atoms with Gasteiger partial charge in [0, 0.05) is 0 Å². The molecule has 0 aromatic heterocycles. The Morgan fingerprint density at radius 3 is 1.64 bits per heavy atom. The third kappa shape index (κ3) is 21.8. The molecule has 0 spiro atoms. The van der Waals surface area contributed by atoms with Crippen LogP contribution in [0.5, 0.6) is 0 Å². The van der Waals surface area contributed by atoms with Gasteiger partial charge in [-0.1, -0.05) is 66.2 Å². The molecule has 0 aliphatic carbocycles. The van der Waals surface area contributed by atoms with E-state index >= 15 is 0 Å². The third-order valence-electron chi connectivity index (χ3n) is 3.49. The van der Waals surface area contributed by atoms with Crippen molar-refractivity contribution in [1.29, 1.82) is 0 Å². The predicted octanol–water partition coefficient (Wildman–Crippen LogP) is 1.93. The molecule has 0 unspecified atom stereocenters. The molecule has 0 aliphatic heterocycles. The smallest absolute Gasteiger partial charge is 0.481 e. The van der Waals surface area contributed by atoms with Gasteiger partial charge >= 0.3 is 30.8 Å². The van der Waals surface area contributed by atoms with Gasteiger partial charge in [0.2, 0.25) is 0 Å². The van der Waals surface area contributed by atoms with E-state index < -0.39 is 18.4 Å². The van der Waals surface area contributed by atoms with Crippen LogP contribution in [0.3, 0.4) is 0 Å². The Bertz CT molecular complexity index is 273. The number of rotatable bonds is 9. The molecule has 0 rings (SSSR count). The van der Waals surface area contributed by atoms with Crippen LogP contribution in [-0.4, -0.2) is 22.2 Å². The van der Waals surface area contributed by atoms with Crippen LogP contribution < -0.4 is 18.9 Å². The Morgan fingerprint density at radius 2 is 1.32 bits per heavy atom. The number of hydrogen-bond acceptors (Lipinski definition) is 2. The molecule has 4 nitrogen and oxygen atoms in total. The predicted molar refractivity (Wildman–Crippen MR) is 86.3 cm³/mol. The Balaban J connectivity index is -0.000000385. The van der Waals surface area contributed by atoms with Crippen LogP contribution in [0.15, 0.2) is 0 Å². The molecular formula is C17H33LiO4. The molecule has 0 saturated heterocycles. The summed E-state index contributed by atoms with van der Waals surface area (Å²) >= 11 is 0. The van der Waals surface area contributed by atoms with Crippen molar-refractivity contribution >= 4 is 11.9 Å². The van der Waals surface area contributed by atoms with E-state index in [-0.39, 0.29) is 18.9 Å². The first-order chi connectivity index (χ1) is 9.61. The van der Waals surface area contributed by atoms with Crippen LogP contribution in [0.25, 0.3) is 0 Å². The van der Waals surface area contributed by atoms with E-state index in [4.69, 9.17) is 10.2 Å². The van der Waals surface area contributed by atoms with Gasteiger partial charge in [0.15, 0.2) is 0 Å². The normalized spacial score (nSPS) is 10.5. The molecule has 22 heavy (non-hydrogen) atoms. The van der Waals surface area contributed by atoms with Gasteiger partial charge in [-0.15, -0.1) is 0 Å². The number of carbonyl (C=O) groups is 2. The summed E-state index contributed by atoms with van der Waals surface area (Å²) in [4.78, 5) is 18.9. The van der Waals surface area contributed by atoms with Gasteiger partial charge in [0.05, 0.1) is 0 Å². The van der Waals surface area contributed by atoms with Crippen LogP contribution in [0.1, 0.15) is 86.0 Å². The average Bonchev–Trinajstić information content (AvgIpc) is 2.31. The first-order valence-corrected chi connectivity index (χ1v) is 7.87. The molecule has 0 heterocycles. The van der Waals surface area contributed by atoms with E-state index in [0.717, 1.165) is 0 Å². The van der Waals surface area contributed by atoms with Crippen LogP contribution in [0.2, 0.25) is 0 Å². The number of aliphatic carboxylic acids is 2. The van der Waals surface area contributed by atoms with Gasteiger partial charge in [0.25, 0.3) is 0 Å². The number of hydrogen-bond donors (Lipinski definition) is 2. The molecule has 0 bridgehead atoms. The van der Waals surface area contributed by atoms with Crippen molar-refractivity contribution in [3.05, 3.63) is 5.92 Å². The maximum absolute atomic E-state index is 9.43. The summed E-state index contributed by atoms with van der Waals surface area (Å²) in [6.45, 7) is 11.5. The molecule has 0 amide bonds. The Kier molecular flexibility index (Phi) is 18.5. The van der Waals surface area contributed by atoms with Crippen molar-refractivity contribution in [3.63, 3.8) is 0 Å². The fraction of sp³-hybridized carbons (Fsp3) is 0.824. The van der Waals surface area contributed by atoms with Gasteiger partial charge in [-0.2, -0.15) is 18.8 Å². The van der Waals surface area contributed by atoms with E-state index in [9.17, 15) is 9.59 Å². The van der Waals surface area contributed by atoms with Crippen molar-refractivity contribution in [2.24, 2.45) is 5.41 Å². The van der Waals surface area contributed by atoms with Gasteiger partial charge in [-0.05, 0) is 0 Å². The minimum Gasteiger partial charge on any atom is -0.481 e. The second-order valence-electron chi connectivity index (χ2n) is 6.51. The van der Waals surface area contributed by atoms with E-state index in [1.807, 2.05) is 0 Å². The average molecular weight is 308 g/mol. The van der Waals surface area contributed by atoms with Gasteiger partial charge in [-0.25, -0.2) is 0 Å². The molecule has 126 valence electrons. The van der Waals surface area contributed by atoms with Gasteiger partial charge in [0.1, 0.15) is 6.42 Å². The van der Waals surface area contributed by atoms with Gasteiger partial charge < -0.3 is 16.1 Å². The zero-order valence-corrected chi connectivity index (χ0v) is 15.4. The molecule has 0 fully saturated rings. The van der Waals surface area contributed by atoms with Crippen molar-refractivity contribution in [2.75, 3.05) is 0 Å². The fourth-order valence-electron chi connectivity index (χ4n) is 1.67. The van der Waals surface area contributed by atoms with Crippen LogP contribution in [0, 0.1) is 11.3 Å². The third-order valence-corrected chi connectivity index (χ3v) is 3.49. The summed E-state index contributed by atoms with van der Waals surface area (Å²) < 4.78 is 0. The van der Waals surface area contributed by atoms with Crippen molar-refractivity contribution in [2.45, 2.75) is 86.0 Å². The molecule has 5 heteroatoms. The molecule has 0 aliphatic rings. The maximum Gasteiger partial charge on any atom is 1.00 e. The standard InChI is InChI=1S/C14H29.C3H4O4.Li/c1-6-7-8-9-10-11-12-13(2)14(3,4)5;4-2(5)1-3(6)7;/h6-12H2,1-5H3;1H2,(H,4,5)(H,6,7);/q-1;;+1. The maximum atomic E-state index is 9.43. The SMILES string of the molecule is CCCCCCCC[C-](C)C(C)(C)C.O=C(O)CC(=O)O.[Li+]. The molecule has 0 atom stereocenters. The molecule has 0 radical (unpaired) electrons. The second kappa shape index (κ2) is 15.4. The Hall–Kier alpha value is -0.463. The monoisotopic (exact) mass is 308 g/mol. The first kappa shape index (κ1) is 26.4. The van der Waals surface area contributed by atoms with E-state index in [1.54, 1.807) is 5.92 Å². The molecule has 0 aromatic rings. The molecule has 2 N–H and O–H groups in total. The Labute approximate surface area is 148 Å². The quantitative estimate of drug-likeness (QED) is 0.295. The topological polar surface area (TPSA) is 74.6 Å². The van der Waals surface area contributed by atoms with Gasteiger partial charge in [-0.3, -0.25) is 9.59 Å². The molecular weight excluding hydrogens is 275 g/mol. The summed E-state index contributed by atoms with van der Waals surface area (Å²) in [5, 5.41) is 15.4. The molecule has 0 aromatic carbocycles. The van der Waals surface area contributed by atoms with E-state index in [1.165, 1.54) is 44.9 Å². The number of carboxylic acid groups (broad SMARTS) is 2.